The number of aromatic amines is 1. The van der Waals surface area contributed by atoms with Crippen LogP contribution in [0.5, 0.6) is 5.75 Å². The Kier molecular flexibility index (Phi) is 5.14. The molecule has 168 valence electrons. The molecule has 1 unspecified atom stereocenters. The highest BCUT2D eigenvalue weighted by Gasteiger charge is 2.37. The van der Waals surface area contributed by atoms with Gasteiger partial charge in [0, 0.05) is 12.6 Å². The van der Waals surface area contributed by atoms with Gasteiger partial charge in [-0.25, -0.2) is 13.2 Å². The molecule has 2 N–H and O–H groups in total. The number of nitrogens with zero attached hydrogens (tertiary/aromatic N) is 1. The number of fused-ring (bicyclic) bond motifs is 2. The van der Waals surface area contributed by atoms with Gasteiger partial charge in [0.2, 0.25) is 0 Å². The molecule has 2 heterocycles. The first-order chi connectivity index (χ1) is 15.9. The van der Waals surface area contributed by atoms with Crippen LogP contribution in [0, 0.1) is 0 Å². The number of carbonyl (C=O) groups is 1. The molecule has 5 rings (SSSR count). The lowest BCUT2D eigenvalue weighted by Crippen LogP contribution is -2.50. The molecule has 9 nitrogen and oxygen atoms in total. The van der Waals surface area contributed by atoms with Crippen LogP contribution in [-0.2, 0) is 21.4 Å². The Hall–Kier alpha value is -4.05. The maximum Gasteiger partial charge on any atom is 0.417 e. The molecule has 0 saturated carbocycles. The Morgan fingerprint density at radius 2 is 1.82 bits per heavy atom. The van der Waals surface area contributed by atoms with E-state index in [0.717, 1.165) is 9.87 Å². The van der Waals surface area contributed by atoms with Crippen molar-refractivity contribution in [3.8, 4) is 5.75 Å². The van der Waals surface area contributed by atoms with Gasteiger partial charge in [0.15, 0.2) is 11.7 Å². The summed E-state index contributed by atoms with van der Waals surface area (Å²) in [6.07, 6.45) is -1.05. The number of benzene rings is 3. The third-order valence-electron chi connectivity index (χ3n) is 5.32. The molecule has 0 aliphatic carbocycles. The molecule has 1 aliphatic rings. The normalized spacial score (nSPS) is 15.6. The summed E-state index contributed by atoms with van der Waals surface area (Å²) in [6.45, 7) is 0.0756. The van der Waals surface area contributed by atoms with E-state index in [1.165, 1.54) is 18.2 Å². The summed E-state index contributed by atoms with van der Waals surface area (Å²) in [4.78, 5) is 26.7. The zero-order valence-corrected chi connectivity index (χ0v) is 18.0. The second-order valence-electron chi connectivity index (χ2n) is 7.49. The van der Waals surface area contributed by atoms with Crippen molar-refractivity contribution >= 4 is 32.7 Å². The maximum absolute atomic E-state index is 13.6. The van der Waals surface area contributed by atoms with Crippen molar-refractivity contribution in [3.05, 3.63) is 88.9 Å². The number of H-pyrrole nitrogens is 1. The number of rotatable bonds is 5. The van der Waals surface area contributed by atoms with Gasteiger partial charge in [-0.3, -0.25) is 14.1 Å². The van der Waals surface area contributed by atoms with E-state index in [-0.39, 0.29) is 29.3 Å². The van der Waals surface area contributed by atoms with E-state index >= 15 is 0 Å². The first kappa shape index (κ1) is 20.8. The lowest BCUT2D eigenvalue weighted by molar-refractivity contribution is -0.127. The standard InChI is InChI=1S/C23H19N3O6S/c27-22(24-13-15-6-2-1-3-7-15)21-14-26(18-8-4-5-9-19(18)31-21)33(29,30)16-10-11-17-20(12-16)32-23(28)25-17/h1-12,21H,13-14H2,(H,24,27)(H,25,28). The Morgan fingerprint density at radius 1 is 1.06 bits per heavy atom. The Balaban J connectivity index is 1.46. The third-order valence-corrected chi connectivity index (χ3v) is 7.09. The molecule has 0 fully saturated rings. The molecule has 0 radical (unpaired) electrons. The summed E-state index contributed by atoms with van der Waals surface area (Å²) in [5.74, 6) is -0.825. The average Bonchev–Trinajstić information content (AvgIpc) is 3.21. The minimum absolute atomic E-state index is 0.0714. The van der Waals surface area contributed by atoms with Gasteiger partial charge in [-0.15, -0.1) is 0 Å². The highest BCUT2D eigenvalue weighted by atomic mass is 32.2. The Bertz CT molecular complexity index is 1490. The summed E-state index contributed by atoms with van der Waals surface area (Å²) in [5, 5.41) is 2.80. The van der Waals surface area contributed by atoms with Crippen LogP contribution in [-0.4, -0.2) is 32.0 Å². The van der Waals surface area contributed by atoms with E-state index in [2.05, 4.69) is 10.3 Å². The van der Waals surface area contributed by atoms with Crippen LogP contribution in [0.2, 0.25) is 0 Å². The summed E-state index contributed by atoms with van der Waals surface area (Å²) < 4.78 is 39.1. The van der Waals surface area contributed by atoms with Crippen LogP contribution in [0.15, 0.2) is 86.9 Å². The van der Waals surface area contributed by atoms with Crippen molar-refractivity contribution < 1.29 is 22.4 Å². The molecular formula is C23H19N3O6S. The fraction of sp³-hybridized carbons (Fsp3) is 0.130. The number of para-hydroxylation sites is 2. The highest BCUT2D eigenvalue weighted by Crippen LogP contribution is 2.37. The van der Waals surface area contributed by atoms with Crippen LogP contribution in [0.3, 0.4) is 0 Å². The van der Waals surface area contributed by atoms with Crippen LogP contribution in [0.4, 0.5) is 5.69 Å². The molecule has 1 aromatic heterocycles. The smallest absolute Gasteiger partial charge is 0.417 e. The van der Waals surface area contributed by atoms with E-state index in [1.54, 1.807) is 24.3 Å². The molecule has 33 heavy (non-hydrogen) atoms. The highest BCUT2D eigenvalue weighted by molar-refractivity contribution is 7.92. The molecule has 1 aliphatic heterocycles. The number of nitrogens with one attached hydrogen (secondary N) is 2. The summed E-state index contributed by atoms with van der Waals surface area (Å²) in [6, 6.07) is 20.1. The SMILES string of the molecule is O=C(NCc1ccccc1)C1CN(S(=O)(=O)c2ccc3[nH]c(=O)oc3c2)c2ccccc2O1. The first-order valence-corrected chi connectivity index (χ1v) is 11.6. The Labute approximate surface area is 188 Å². The second-order valence-corrected chi connectivity index (χ2v) is 9.35. The fourth-order valence-corrected chi connectivity index (χ4v) is 5.17. The predicted octanol–water partition coefficient (Wildman–Crippen LogP) is 2.39. The molecule has 3 aromatic carbocycles. The van der Waals surface area contributed by atoms with E-state index in [1.807, 2.05) is 30.3 Å². The molecule has 10 heteroatoms. The minimum atomic E-state index is -4.09. The predicted molar refractivity (Wildman–Crippen MR) is 121 cm³/mol. The van der Waals surface area contributed by atoms with Crippen molar-refractivity contribution in [2.45, 2.75) is 17.5 Å². The van der Waals surface area contributed by atoms with Crippen LogP contribution >= 0.6 is 0 Å². The quantitative estimate of drug-likeness (QED) is 0.467. The van der Waals surface area contributed by atoms with Crippen molar-refractivity contribution in [1.29, 1.82) is 0 Å². The molecule has 0 saturated heterocycles. The van der Waals surface area contributed by atoms with Crippen molar-refractivity contribution in [3.63, 3.8) is 0 Å². The number of sulfonamides is 1. The van der Waals surface area contributed by atoms with Crippen LogP contribution in [0.1, 0.15) is 5.56 Å². The average molecular weight is 465 g/mol. The van der Waals surface area contributed by atoms with Crippen molar-refractivity contribution in [2.24, 2.45) is 0 Å². The van der Waals surface area contributed by atoms with Gasteiger partial charge in [0.1, 0.15) is 5.75 Å². The van der Waals surface area contributed by atoms with Gasteiger partial charge in [-0.1, -0.05) is 42.5 Å². The van der Waals surface area contributed by atoms with Crippen molar-refractivity contribution in [1.82, 2.24) is 10.3 Å². The van der Waals surface area contributed by atoms with E-state index in [9.17, 15) is 18.0 Å². The second kappa shape index (κ2) is 8.14. The number of ether oxygens (including phenoxy) is 1. The lowest BCUT2D eigenvalue weighted by atomic mass is 10.2. The Morgan fingerprint density at radius 3 is 2.64 bits per heavy atom. The molecule has 0 bridgehead atoms. The number of hydrogen-bond donors (Lipinski definition) is 2. The maximum atomic E-state index is 13.6. The minimum Gasteiger partial charge on any atom is -0.476 e. The molecule has 1 amide bonds. The topological polar surface area (TPSA) is 122 Å². The molecular weight excluding hydrogens is 446 g/mol. The summed E-state index contributed by atoms with van der Waals surface area (Å²) in [5.41, 5.74) is 1.74. The summed E-state index contributed by atoms with van der Waals surface area (Å²) in [7, 11) is -4.09. The van der Waals surface area contributed by atoms with Crippen molar-refractivity contribution in [2.75, 3.05) is 10.8 Å². The zero-order chi connectivity index (χ0) is 23.0. The van der Waals surface area contributed by atoms with E-state index in [4.69, 9.17) is 9.15 Å². The molecule has 4 aromatic rings. The first-order valence-electron chi connectivity index (χ1n) is 10.1. The van der Waals surface area contributed by atoms with Gasteiger partial charge in [0.25, 0.3) is 15.9 Å². The summed E-state index contributed by atoms with van der Waals surface area (Å²) >= 11 is 0. The number of hydrogen-bond acceptors (Lipinski definition) is 6. The molecule has 1 atom stereocenters. The number of anilines is 1. The van der Waals surface area contributed by atoms with Crippen LogP contribution in [0.25, 0.3) is 11.1 Å². The number of carbonyl (C=O) groups excluding carboxylic acids is 1. The van der Waals surface area contributed by atoms with Gasteiger partial charge in [-0.2, -0.15) is 0 Å². The zero-order valence-electron chi connectivity index (χ0n) is 17.2. The van der Waals surface area contributed by atoms with E-state index < -0.39 is 27.8 Å². The largest absolute Gasteiger partial charge is 0.476 e. The monoisotopic (exact) mass is 465 g/mol. The lowest BCUT2D eigenvalue weighted by Gasteiger charge is -2.34. The number of oxazole rings is 1. The van der Waals surface area contributed by atoms with Crippen LogP contribution < -0.4 is 20.1 Å². The number of amides is 1. The number of aromatic nitrogens is 1. The van der Waals surface area contributed by atoms with Gasteiger partial charge >= 0.3 is 5.76 Å². The van der Waals surface area contributed by atoms with Gasteiger partial charge < -0.3 is 14.5 Å². The van der Waals surface area contributed by atoms with E-state index in [0.29, 0.717) is 11.2 Å². The third kappa shape index (κ3) is 3.96. The van der Waals surface area contributed by atoms with Gasteiger partial charge in [0.05, 0.1) is 22.6 Å². The fourth-order valence-electron chi connectivity index (χ4n) is 3.68. The van der Waals surface area contributed by atoms with Gasteiger partial charge in [-0.05, 0) is 29.8 Å². The molecule has 0 spiro atoms.